The van der Waals surface area contributed by atoms with E-state index in [9.17, 15) is 0 Å². The molecule has 0 heterocycles. The van der Waals surface area contributed by atoms with Crippen LogP contribution in [0.25, 0.3) is 0 Å². The van der Waals surface area contributed by atoms with Crippen molar-refractivity contribution in [3.63, 3.8) is 0 Å². The van der Waals surface area contributed by atoms with E-state index in [0.29, 0.717) is 13.2 Å². The van der Waals surface area contributed by atoms with E-state index in [1.165, 1.54) is 0 Å². The first-order valence-electron chi connectivity index (χ1n) is 7.67. The van der Waals surface area contributed by atoms with Gasteiger partial charge in [0.2, 0.25) is 0 Å². The van der Waals surface area contributed by atoms with Gasteiger partial charge in [-0.15, -0.1) is 19.0 Å². The minimum absolute atomic E-state index is 0. The molecule has 2 aromatic carbocycles. The zero-order valence-electron chi connectivity index (χ0n) is 13.8. The molecule has 0 radical (unpaired) electrons. The van der Waals surface area contributed by atoms with Gasteiger partial charge in [0.05, 0.1) is 6.61 Å². The third kappa shape index (κ3) is 6.44. The van der Waals surface area contributed by atoms with Crippen LogP contribution in [0.2, 0.25) is 5.02 Å². The third-order valence-corrected chi connectivity index (χ3v) is 3.49. The number of rotatable bonds is 9. The highest BCUT2D eigenvalue weighted by atomic mass is 35.5. The first kappa shape index (κ1) is 20.4. The average Bonchev–Trinajstić information content (AvgIpc) is 2.56. The van der Waals surface area contributed by atoms with Crippen molar-refractivity contribution < 1.29 is 9.47 Å². The SMILES string of the molecule is C=CCNCc1ccc(OCc2ccc(Cl)cc2)c(OCC)c1.Cl. The van der Waals surface area contributed by atoms with E-state index in [0.717, 1.165) is 40.7 Å². The average molecular weight is 368 g/mol. The molecule has 0 unspecified atom stereocenters. The number of hydrogen-bond donors (Lipinski definition) is 1. The quantitative estimate of drug-likeness (QED) is 0.498. The topological polar surface area (TPSA) is 30.5 Å². The van der Waals surface area contributed by atoms with Crippen LogP contribution in [-0.4, -0.2) is 13.2 Å². The van der Waals surface area contributed by atoms with Crippen molar-refractivity contribution in [3.8, 4) is 11.5 Å². The van der Waals surface area contributed by atoms with E-state index in [-0.39, 0.29) is 12.4 Å². The molecule has 1 N–H and O–H groups in total. The first-order valence-corrected chi connectivity index (χ1v) is 8.05. The molecule has 0 fully saturated rings. The zero-order valence-corrected chi connectivity index (χ0v) is 15.3. The summed E-state index contributed by atoms with van der Waals surface area (Å²) < 4.78 is 11.6. The second kappa shape index (κ2) is 11.0. The predicted molar refractivity (Wildman–Crippen MR) is 103 cm³/mol. The van der Waals surface area contributed by atoms with Gasteiger partial charge >= 0.3 is 0 Å². The largest absolute Gasteiger partial charge is 0.490 e. The zero-order chi connectivity index (χ0) is 16.5. The summed E-state index contributed by atoms with van der Waals surface area (Å²) in [6, 6.07) is 13.6. The summed E-state index contributed by atoms with van der Waals surface area (Å²) in [6.07, 6.45) is 1.84. The third-order valence-electron chi connectivity index (χ3n) is 3.23. The highest BCUT2D eigenvalue weighted by Crippen LogP contribution is 2.29. The summed E-state index contributed by atoms with van der Waals surface area (Å²) >= 11 is 5.89. The van der Waals surface area contributed by atoms with Crippen LogP contribution in [0.3, 0.4) is 0 Å². The Bertz CT molecular complexity index is 630. The molecule has 0 aromatic heterocycles. The van der Waals surface area contributed by atoms with Gasteiger partial charge in [-0.05, 0) is 42.3 Å². The summed E-state index contributed by atoms with van der Waals surface area (Å²) in [7, 11) is 0. The van der Waals surface area contributed by atoms with E-state index >= 15 is 0 Å². The molecule has 0 saturated heterocycles. The standard InChI is InChI=1S/C19H22ClNO2.ClH/c1-3-11-21-13-16-7-10-18(19(12-16)22-4-2)23-14-15-5-8-17(20)9-6-15;/h3,5-10,12,21H,1,4,11,13-14H2,2H3;1H. The van der Waals surface area contributed by atoms with Crippen LogP contribution in [0.5, 0.6) is 11.5 Å². The second-order valence-electron chi connectivity index (χ2n) is 5.05. The Morgan fingerprint density at radius 2 is 1.75 bits per heavy atom. The fourth-order valence-electron chi connectivity index (χ4n) is 2.11. The summed E-state index contributed by atoms with van der Waals surface area (Å²) in [6.45, 7) is 8.28. The van der Waals surface area contributed by atoms with Gasteiger partial charge in [0.15, 0.2) is 11.5 Å². The predicted octanol–water partition coefficient (Wildman–Crippen LogP) is 5.02. The lowest BCUT2D eigenvalue weighted by Gasteiger charge is -2.14. The van der Waals surface area contributed by atoms with Gasteiger partial charge in [0.25, 0.3) is 0 Å². The Balaban J connectivity index is 0.00000288. The maximum Gasteiger partial charge on any atom is 0.161 e. The van der Waals surface area contributed by atoms with Crippen molar-refractivity contribution in [1.82, 2.24) is 5.32 Å². The van der Waals surface area contributed by atoms with Crippen LogP contribution in [0.4, 0.5) is 0 Å². The Hall–Kier alpha value is -1.68. The van der Waals surface area contributed by atoms with Gasteiger partial charge in [0, 0.05) is 18.1 Å². The van der Waals surface area contributed by atoms with Crippen LogP contribution in [-0.2, 0) is 13.2 Å². The van der Waals surface area contributed by atoms with E-state index < -0.39 is 0 Å². The van der Waals surface area contributed by atoms with Crippen LogP contribution in [0.1, 0.15) is 18.1 Å². The van der Waals surface area contributed by atoms with Gasteiger partial charge in [-0.3, -0.25) is 0 Å². The second-order valence-corrected chi connectivity index (χ2v) is 5.49. The normalized spacial score (nSPS) is 9.92. The van der Waals surface area contributed by atoms with Crippen LogP contribution < -0.4 is 14.8 Å². The number of hydrogen-bond acceptors (Lipinski definition) is 3. The molecular formula is C19H23Cl2NO2. The van der Waals surface area contributed by atoms with Gasteiger partial charge in [0.1, 0.15) is 6.61 Å². The highest BCUT2D eigenvalue weighted by Gasteiger charge is 2.07. The Kier molecular flexibility index (Phi) is 9.31. The fourth-order valence-corrected chi connectivity index (χ4v) is 2.24. The summed E-state index contributed by atoms with van der Waals surface area (Å²) in [4.78, 5) is 0. The van der Waals surface area contributed by atoms with E-state index in [1.54, 1.807) is 0 Å². The Labute approximate surface area is 155 Å². The maximum atomic E-state index is 5.89. The van der Waals surface area contributed by atoms with Crippen molar-refractivity contribution in [2.45, 2.75) is 20.1 Å². The number of nitrogens with one attached hydrogen (secondary N) is 1. The molecule has 0 spiro atoms. The molecule has 2 aromatic rings. The van der Waals surface area contributed by atoms with E-state index in [4.69, 9.17) is 21.1 Å². The molecule has 3 nitrogen and oxygen atoms in total. The Morgan fingerprint density at radius 3 is 2.42 bits per heavy atom. The number of halogens is 2. The molecule has 0 saturated carbocycles. The fraction of sp³-hybridized carbons (Fsp3) is 0.263. The lowest BCUT2D eigenvalue weighted by molar-refractivity contribution is 0.269. The van der Waals surface area contributed by atoms with Crippen molar-refractivity contribution in [1.29, 1.82) is 0 Å². The molecule has 130 valence electrons. The first-order chi connectivity index (χ1) is 11.2. The van der Waals surface area contributed by atoms with Gasteiger partial charge in [-0.1, -0.05) is 35.9 Å². The molecule has 5 heteroatoms. The molecule has 2 rings (SSSR count). The van der Waals surface area contributed by atoms with Crippen molar-refractivity contribution in [2.75, 3.05) is 13.2 Å². The summed E-state index contributed by atoms with van der Waals surface area (Å²) in [5.41, 5.74) is 2.21. The lowest BCUT2D eigenvalue weighted by Crippen LogP contribution is -2.12. The lowest BCUT2D eigenvalue weighted by atomic mass is 10.2. The maximum absolute atomic E-state index is 5.89. The molecule has 0 bridgehead atoms. The number of ether oxygens (including phenoxy) is 2. The van der Waals surface area contributed by atoms with Crippen LogP contribution in [0, 0.1) is 0 Å². The summed E-state index contributed by atoms with van der Waals surface area (Å²) in [5.74, 6) is 1.51. The minimum Gasteiger partial charge on any atom is -0.490 e. The summed E-state index contributed by atoms with van der Waals surface area (Å²) in [5, 5.41) is 4.00. The molecule has 0 aliphatic carbocycles. The molecule has 0 aliphatic heterocycles. The van der Waals surface area contributed by atoms with Gasteiger partial charge in [-0.25, -0.2) is 0 Å². The van der Waals surface area contributed by atoms with E-state index in [1.807, 2.05) is 55.5 Å². The molecule has 0 amide bonds. The molecular weight excluding hydrogens is 345 g/mol. The van der Waals surface area contributed by atoms with Crippen molar-refractivity contribution in [2.24, 2.45) is 0 Å². The van der Waals surface area contributed by atoms with Crippen LogP contribution >= 0.6 is 24.0 Å². The van der Waals surface area contributed by atoms with Crippen molar-refractivity contribution >= 4 is 24.0 Å². The molecule has 24 heavy (non-hydrogen) atoms. The monoisotopic (exact) mass is 367 g/mol. The smallest absolute Gasteiger partial charge is 0.161 e. The van der Waals surface area contributed by atoms with Gasteiger partial charge in [-0.2, -0.15) is 0 Å². The van der Waals surface area contributed by atoms with Gasteiger partial charge < -0.3 is 14.8 Å². The minimum atomic E-state index is 0. The molecule has 0 aliphatic rings. The van der Waals surface area contributed by atoms with Crippen molar-refractivity contribution in [3.05, 3.63) is 71.3 Å². The van der Waals surface area contributed by atoms with E-state index in [2.05, 4.69) is 11.9 Å². The Morgan fingerprint density at radius 1 is 1.04 bits per heavy atom. The molecule has 0 atom stereocenters. The highest BCUT2D eigenvalue weighted by molar-refractivity contribution is 6.30. The van der Waals surface area contributed by atoms with Crippen LogP contribution in [0.15, 0.2) is 55.1 Å². The number of benzene rings is 2.